The molecule has 0 saturated carbocycles. The molecule has 3 aromatic carbocycles. The lowest BCUT2D eigenvalue weighted by Crippen LogP contribution is -2.36. The Kier molecular flexibility index (Phi) is 6.68. The Balaban J connectivity index is 1.41. The molecule has 0 aromatic heterocycles. The number of hydrogen-bond donors (Lipinski definition) is 1. The van der Waals surface area contributed by atoms with Crippen LogP contribution in [0.15, 0.2) is 83.8 Å². The van der Waals surface area contributed by atoms with Crippen molar-refractivity contribution in [3.63, 3.8) is 0 Å². The fourth-order valence-electron chi connectivity index (χ4n) is 3.21. The van der Waals surface area contributed by atoms with Crippen LogP contribution in [0.2, 0.25) is 0 Å². The van der Waals surface area contributed by atoms with Crippen LogP contribution in [0.25, 0.3) is 17.2 Å². The van der Waals surface area contributed by atoms with E-state index in [1.54, 1.807) is 37.5 Å². The summed E-state index contributed by atoms with van der Waals surface area (Å²) >= 11 is 6.54. The minimum atomic E-state index is -0.320. The highest BCUT2D eigenvalue weighted by Crippen LogP contribution is 2.33. The average molecular weight is 461 g/mol. The van der Waals surface area contributed by atoms with Crippen molar-refractivity contribution < 1.29 is 14.3 Å². The Morgan fingerprint density at radius 1 is 1.00 bits per heavy atom. The largest absolute Gasteiger partial charge is 0.497 e. The van der Waals surface area contributed by atoms with Gasteiger partial charge in [0.25, 0.3) is 5.91 Å². The first-order chi connectivity index (χ1) is 15.5. The van der Waals surface area contributed by atoms with Gasteiger partial charge in [-0.05, 0) is 47.0 Å². The third-order valence-electron chi connectivity index (χ3n) is 4.86. The summed E-state index contributed by atoms with van der Waals surface area (Å²) < 4.78 is 5.48. The van der Waals surface area contributed by atoms with Crippen LogP contribution >= 0.6 is 24.0 Å². The van der Waals surface area contributed by atoms with Gasteiger partial charge in [0.15, 0.2) is 0 Å². The predicted octanol–water partition coefficient (Wildman–Crippen LogP) is 5.20. The van der Waals surface area contributed by atoms with Crippen molar-refractivity contribution >= 4 is 51.9 Å². The normalized spacial score (nSPS) is 14.7. The fraction of sp³-hybridized carbons (Fsp3) is 0.0800. The van der Waals surface area contributed by atoms with Crippen LogP contribution in [0.1, 0.15) is 5.56 Å². The minimum absolute atomic E-state index is 0.138. The van der Waals surface area contributed by atoms with E-state index in [1.807, 2.05) is 42.5 Å². The number of ether oxygens (including phenoxy) is 1. The molecule has 2 amide bonds. The highest BCUT2D eigenvalue weighted by molar-refractivity contribution is 8.26. The average Bonchev–Trinajstić information content (AvgIpc) is 3.08. The quantitative estimate of drug-likeness (QED) is 0.405. The number of methoxy groups -OCH3 is 1. The van der Waals surface area contributed by atoms with Crippen LogP contribution in [0.4, 0.5) is 5.69 Å². The van der Waals surface area contributed by atoms with Crippen LogP contribution in [-0.4, -0.2) is 34.7 Å². The van der Waals surface area contributed by atoms with Crippen LogP contribution in [0.5, 0.6) is 5.75 Å². The molecule has 0 radical (unpaired) electrons. The number of rotatable bonds is 6. The number of amides is 2. The molecule has 1 aliphatic rings. The second-order valence-electron chi connectivity index (χ2n) is 7.03. The second kappa shape index (κ2) is 9.80. The van der Waals surface area contributed by atoms with E-state index in [-0.39, 0.29) is 18.4 Å². The zero-order valence-electron chi connectivity index (χ0n) is 17.3. The van der Waals surface area contributed by atoms with Crippen LogP contribution in [-0.2, 0) is 9.59 Å². The van der Waals surface area contributed by atoms with Gasteiger partial charge in [-0.15, -0.1) is 0 Å². The molecule has 4 rings (SSSR count). The van der Waals surface area contributed by atoms with E-state index in [2.05, 4.69) is 17.4 Å². The van der Waals surface area contributed by atoms with Gasteiger partial charge in [0, 0.05) is 5.69 Å². The molecule has 0 atom stereocenters. The zero-order valence-corrected chi connectivity index (χ0v) is 18.9. The van der Waals surface area contributed by atoms with E-state index in [0.29, 0.717) is 20.7 Å². The Bertz CT molecular complexity index is 1170. The summed E-state index contributed by atoms with van der Waals surface area (Å²) in [5, 5.41) is 2.77. The SMILES string of the molecule is COc1ccc(NC(=O)CN2C(=O)/C(=C/c3ccc(-c4ccccc4)cc3)SC2=S)cc1. The first-order valence-electron chi connectivity index (χ1n) is 9.88. The van der Waals surface area contributed by atoms with E-state index in [0.717, 1.165) is 16.7 Å². The van der Waals surface area contributed by atoms with Crippen molar-refractivity contribution in [1.82, 2.24) is 4.90 Å². The van der Waals surface area contributed by atoms with Gasteiger partial charge in [0.2, 0.25) is 5.91 Å². The summed E-state index contributed by atoms with van der Waals surface area (Å²) in [7, 11) is 1.58. The second-order valence-corrected chi connectivity index (χ2v) is 8.71. The lowest BCUT2D eigenvalue weighted by atomic mass is 10.0. The Morgan fingerprint density at radius 2 is 1.66 bits per heavy atom. The van der Waals surface area contributed by atoms with Gasteiger partial charge in [0.1, 0.15) is 16.6 Å². The molecule has 1 saturated heterocycles. The van der Waals surface area contributed by atoms with E-state index < -0.39 is 0 Å². The third-order valence-corrected chi connectivity index (χ3v) is 6.24. The van der Waals surface area contributed by atoms with E-state index in [4.69, 9.17) is 17.0 Å². The highest BCUT2D eigenvalue weighted by Gasteiger charge is 2.33. The van der Waals surface area contributed by atoms with Crippen LogP contribution in [0, 0.1) is 0 Å². The zero-order chi connectivity index (χ0) is 22.5. The summed E-state index contributed by atoms with van der Waals surface area (Å²) in [5.74, 6) is 0.110. The van der Waals surface area contributed by atoms with Crippen molar-refractivity contribution in [2.45, 2.75) is 0 Å². The van der Waals surface area contributed by atoms with Crippen molar-refractivity contribution in [2.24, 2.45) is 0 Å². The maximum atomic E-state index is 12.8. The monoisotopic (exact) mass is 460 g/mol. The molecule has 0 spiro atoms. The minimum Gasteiger partial charge on any atom is -0.497 e. The Morgan fingerprint density at radius 3 is 2.31 bits per heavy atom. The summed E-state index contributed by atoms with van der Waals surface area (Å²) in [6, 6.07) is 25.0. The maximum absolute atomic E-state index is 12.8. The number of nitrogens with zero attached hydrogens (tertiary/aromatic N) is 1. The summed E-state index contributed by atoms with van der Waals surface area (Å²) in [5.41, 5.74) is 3.75. The molecule has 7 heteroatoms. The smallest absolute Gasteiger partial charge is 0.266 e. The fourth-order valence-corrected chi connectivity index (χ4v) is 4.46. The Hall–Kier alpha value is -3.42. The Labute approximate surface area is 196 Å². The summed E-state index contributed by atoms with van der Waals surface area (Å²) in [4.78, 5) is 27.1. The lowest BCUT2D eigenvalue weighted by molar-refractivity contribution is -0.126. The molecule has 5 nitrogen and oxygen atoms in total. The molecule has 1 fully saturated rings. The van der Waals surface area contributed by atoms with E-state index in [1.165, 1.54) is 16.7 Å². The summed E-state index contributed by atoms with van der Waals surface area (Å²) in [6.07, 6.45) is 1.80. The molecular formula is C25H20N2O3S2. The first-order valence-corrected chi connectivity index (χ1v) is 11.1. The number of nitrogens with one attached hydrogen (secondary N) is 1. The molecular weight excluding hydrogens is 440 g/mol. The van der Waals surface area contributed by atoms with Gasteiger partial charge in [-0.1, -0.05) is 78.6 Å². The van der Waals surface area contributed by atoms with Gasteiger partial charge in [-0.3, -0.25) is 14.5 Å². The molecule has 1 N–H and O–H groups in total. The standard InChI is InChI=1S/C25H20N2O3S2/c1-30-21-13-11-20(12-14-21)26-23(28)16-27-24(29)22(32-25(27)31)15-17-7-9-19(10-8-17)18-5-3-2-4-6-18/h2-15H,16H2,1H3,(H,26,28)/b22-15-. The van der Waals surface area contributed by atoms with Crippen LogP contribution < -0.4 is 10.1 Å². The lowest BCUT2D eigenvalue weighted by Gasteiger charge is -2.14. The number of thiocarbonyl (C=S) groups is 1. The van der Waals surface area contributed by atoms with Gasteiger partial charge in [-0.2, -0.15) is 0 Å². The van der Waals surface area contributed by atoms with Crippen molar-refractivity contribution in [2.75, 3.05) is 19.0 Å². The van der Waals surface area contributed by atoms with Crippen molar-refractivity contribution in [3.8, 4) is 16.9 Å². The molecule has 0 unspecified atom stereocenters. The first kappa shape index (κ1) is 21.8. The number of anilines is 1. The number of benzene rings is 3. The van der Waals surface area contributed by atoms with Gasteiger partial charge in [0.05, 0.1) is 12.0 Å². The predicted molar refractivity (Wildman–Crippen MR) is 133 cm³/mol. The molecule has 160 valence electrons. The van der Waals surface area contributed by atoms with Crippen LogP contribution in [0.3, 0.4) is 0 Å². The van der Waals surface area contributed by atoms with Crippen molar-refractivity contribution in [1.29, 1.82) is 0 Å². The maximum Gasteiger partial charge on any atom is 0.266 e. The van der Waals surface area contributed by atoms with Gasteiger partial charge < -0.3 is 10.1 Å². The molecule has 0 aliphatic carbocycles. The van der Waals surface area contributed by atoms with E-state index in [9.17, 15) is 9.59 Å². The molecule has 1 aliphatic heterocycles. The molecule has 1 heterocycles. The molecule has 32 heavy (non-hydrogen) atoms. The third kappa shape index (κ3) is 5.07. The number of carbonyl (C=O) groups excluding carboxylic acids is 2. The number of carbonyl (C=O) groups is 2. The van der Waals surface area contributed by atoms with Gasteiger partial charge in [-0.25, -0.2) is 0 Å². The summed E-state index contributed by atoms with van der Waals surface area (Å²) in [6.45, 7) is -0.138. The highest BCUT2D eigenvalue weighted by atomic mass is 32.2. The number of thioether (sulfide) groups is 1. The van der Waals surface area contributed by atoms with Crippen molar-refractivity contribution in [3.05, 3.63) is 89.3 Å². The topological polar surface area (TPSA) is 58.6 Å². The van der Waals surface area contributed by atoms with E-state index >= 15 is 0 Å². The molecule has 3 aromatic rings. The number of hydrogen-bond acceptors (Lipinski definition) is 5. The molecule has 0 bridgehead atoms. The van der Waals surface area contributed by atoms with Gasteiger partial charge >= 0.3 is 0 Å².